The van der Waals surface area contributed by atoms with Crippen LogP contribution >= 0.6 is 15.9 Å². The first-order valence-electron chi connectivity index (χ1n) is 4.88. The average Bonchev–Trinajstić information content (AvgIpc) is 2.64. The Bertz CT molecular complexity index is 614. The predicted molar refractivity (Wildman–Crippen MR) is 66.5 cm³/mol. The summed E-state index contributed by atoms with van der Waals surface area (Å²) in [4.78, 5) is 10.0. The molecule has 0 fully saturated rings. The fraction of sp³-hybridized carbons (Fsp3) is 0.100. The van der Waals surface area contributed by atoms with Crippen molar-refractivity contribution in [1.82, 2.24) is 9.78 Å². The number of hydrogen-bond acceptors (Lipinski definition) is 4. The van der Waals surface area contributed by atoms with E-state index in [1.165, 1.54) is 16.8 Å². The van der Waals surface area contributed by atoms with Crippen LogP contribution in [0.3, 0.4) is 0 Å². The highest BCUT2D eigenvalue weighted by molar-refractivity contribution is 9.10. The predicted octanol–water partition coefficient (Wildman–Crippen LogP) is 2.32. The SMILES string of the molecule is Nc1c([N+](=O)[O-])cnn1Cc1ccc(F)cc1Br. The van der Waals surface area contributed by atoms with Gasteiger partial charge in [-0.05, 0) is 17.7 Å². The molecule has 2 aromatic rings. The van der Waals surface area contributed by atoms with Crippen LogP contribution in [0.15, 0.2) is 28.9 Å². The van der Waals surface area contributed by atoms with Gasteiger partial charge in [0, 0.05) is 4.47 Å². The highest BCUT2D eigenvalue weighted by Gasteiger charge is 2.18. The number of anilines is 1. The molecule has 0 saturated heterocycles. The van der Waals surface area contributed by atoms with Gasteiger partial charge >= 0.3 is 5.69 Å². The van der Waals surface area contributed by atoms with Crippen LogP contribution in [0, 0.1) is 15.9 Å². The third-order valence-electron chi connectivity index (χ3n) is 2.39. The van der Waals surface area contributed by atoms with Crippen LogP contribution < -0.4 is 5.73 Å². The first-order chi connectivity index (χ1) is 8.49. The maximum absolute atomic E-state index is 12.9. The second-order valence-corrected chi connectivity index (χ2v) is 4.42. The van der Waals surface area contributed by atoms with E-state index in [0.717, 1.165) is 11.8 Å². The molecule has 0 spiro atoms. The maximum Gasteiger partial charge on any atom is 0.330 e. The Hall–Kier alpha value is -1.96. The lowest BCUT2D eigenvalue weighted by Gasteiger charge is -2.06. The molecule has 94 valence electrons. The Kier molecular flexibility index (Phi) is 3.28. The van der Waals surface area contributed by atoms with Gasteiger partial charge in [-0.25, -0.2) is 9.07 Å². The molecule has 0 saturated carbocycles. The number of nitro groups is 1. The lowest BCUT2D eigenvalue weighted by molar-refractivity contribution is -0.384. The van der Waals surface area contributed by atoms with Crippen molar-refractivity contribution in [3.05, 3.63) is 50.4 Å². The number of nitrogens with zero attached hydrogens (tertiary/aromatic N) is 3. The fourth-order valence-corrected chi connectivity index (χ4v) is 1.94. The number of benzene rings is 1. The molecular formula is C10H8BrFN4O2. The Labute approximate surface area is 109 Å². The van der Waals surface area contributed by atoms with Gasteiger partial charge < -0.3 is 5.73 Å². The van der Waals surface area contributed by atoms with Crippen LogP contribution in [-0.4, -0.2) is 14.7 Å². The Morgan fingerprint density at radius 3 is 2.83 bits per heavy atom. The highest BCUT2D eigenvalue weighted by atomic mass is 79.9. The third-order valence-corrected chi connectivity index (χ3v) is 3.13. The van der Waals surface area contributed by atoms with Gasteiger partial charge in [0.25, 0.3) is 0 Å². The molecule has 0 unspecified atom stereocenters. The Balaban J connectivity index is 2.32. The summed E-state index contributed by atoms with van der Waals surface area (Å²) < 4.78 is 14.8. The summed E-state index contributed by atoms with van der Waals surface area (Å²) in [7, 11) is 0. The van der Waals surface area contributed by atoms with Crippen molar-refractivity contribution < 1.29 is 9.31 Å². The van der Waals surface area contributed by atoms with Crippen LogP contribution in [0.5, 0.6) is 0 Å². The molecular weight excluding hydrogens is 307 g/mol. The molecule has 0 amide bonds. The molecule has 1 aromatic heterocycles. The number of hydrogen-bond donors (Lipinski definition) is 1. The number of halogens is 2. The summed E-state index contributed by atoms with van der Waals surface area (Å²) in [6.07, 6.45) is 1.09. The second-order valence-electron chi connectivity index (χ2n) is 3.57. The molecule has 8 heteroatoms. The molecule has 0 bridgehead atoms. The first kappa shape index (κ1) is 12.5. The van der Waals surface area contributed by atoms with E-state index in [4.69, 9.17) is 5.73 Å². The summed E-state index contributed by atoms with van der Waals surface area (Å²) >= 11 is 3.21. The van der Waals surface area contributed by atoms with Crippen molar-refractivity contribution in [2.45, 2.75) is 6.54 Å². The normalized spacial score (nSPS) is 10.6. The van der Waals surface area contributed by atoms with Gasteiger partial charge in [-0.15, -0.1) is 0 Å². The van der Waals surface area contributed by atoms with E-state index in [2.05, 4.69) is 21.0 Å². The minimum absolute atomic E-state index is 0.0313. The zero-order valence-electron chi connectivity index (χ0n) is 9.01. The molecule has 1 aromatic carbocycles. The van der Waals surface area contributed by atoms with E-state index in [0.29, 0.717) is 4.47 Å². The molecule has 2 rings (SSSR count). The van der Waals surface area contributed by atoms with Gasteiger partial charge in [0.15, 0.2) is 0 Å². The van der Waals surface area contributed by atoms with Gasteiger partial charge in [-0.1, -0.05) is 22.0 Å². The van der Waals surface area contributed by atoms with Crippen molar-refractivity contribution in [2.75, 3.05) is 5.73 Å². The zero-order chi connectivity index (χ0) is 13.3. The molecule has 0 aliphatic rings. The van der Waals surface area contributed by atoms with E-state index >= 15 is 0 Å². The highest BCUT2D eigenvalue weighted by Crippen LogP contribution is 2.23. The van der Waals surface area contributed by atoms with Gasteiger partial charge in [0.1, 0.15) is 12.0 Å². The topological polar surface area (TPSA) is 87.0 Å². The number of rotatable bonds is 3. The molecule has 18 heavy (non-hydrogen) atoms. The summed E-state index contributed by atoms with van der Waals surface area (Å²) in [5.74, 6) is -0.402. The zero-order valence-corrected chi connectivity index (χ0v) is 10.6. The van der Waals surface area contributed by atoms with Crippen molar-refractivity contribution in [2.24, 2.45) is 0 Å². The smallest absolute Gasteiger partial charge is 0.330 e. The van der Waals surface area contributed by atoms with Gasteiger partial charge in [0.2, 0.25) is 5.82 Å². The van der Waals surface area contributed by atoms with Gasteiger partial charge in [-0.2, -0.15) is 5.10 Å². The first-order valence-corrected chi connectivity index (χ1v) is 5.68. The molecule has 6 nitrogen and oxygen atoms in total. The number of nitrogen functional groups attached to an aromatic ring is 1. The van der Waals surface area contributed by atoms with Crippen LogP contribution in [0.1, 0.15) is 5.56 Å². The molecule has 0 radical (unpaired) electrons. The van der Waals surface area contributed by atoms with Crippen LogP contribution in [0.25, 0.3) is 0 Å². The molecule has 1 heterocycles. The monoisotopic (exact) mass is 314 g/mol. The lowest BCUT2D eigenvalue weighted by atomic mass is 10.2. The van der Waals surface area contributed by atoms with E-state index in [-0.39, 0.29) is 23.9 Å². The van der Waals surface area contributed by atoms with Crippen LogP contribution in [-0.2, 0) is 6.54 Å². The minimum atomic E-state index is -0.599. The second kappa shape index (κ2) is 4.73. The quantitative estimate of drug-likeness (QED) is 0.695. The Morgan fingerprint density at radius 2 is 2.28 bits per heavy atom. The number of aromatic nitrogens is 2. The average molecular weight is 315 g/mol. The third kappa shape index (κ3) is 2.33. The van der Waals surface area contributed by atoms with E-state index in [1.54, 1.807) is 6.07 Å². The molecule has 2 N–H and O–H groups in total. The molecule has 0 aliphatic heterocycles. The summed E-state index contributed by atoms with van der Waals surface area (Å²) in [5, 5.41) is 14.4. The molecule has 0 aliphatic carbocycles. The Morgan fingerprint density at radius 1 is 1.56 bits per heavy atom. The lowest BCUT2D eigenvalue weighted by Crippen LogP contribution is -2.07. The van der Waals surface area contributed by atoms with Crippen molar-refractivity contribution in [3.8, 4) is 0 Å². The van der Waals surface area contributed by atoms with Crippen molar-refractivity contribution in [3.63, 3.8) is 0 Å². The van der Waals surface area contributed by atoms with Crippen molar-refractivity contribution in [1.29, 1.82) is 0 Å². The minimum Gasteiger partial charge on any atom is -0.378 e. The summed E-state index contributed by atoms with van der Waals surface area (Å²) in [6.45, 7) is 0.223. The van der Waals surface area contributed by atoms with Gasteiger partial charge in [0.05, 0.1) is 11.5 Å². The number of nitrogens with two attached hydrogens (primary N) is 1. The van der Waals surface area contributed by atoms with Gasteiger partial charge in [-0.3, -0.25) is 10.1 Å². The van der Waals surface area contributed by atoms with Crippen LogP contribution in [0.4, 0.5) is 15.9 Å². The molecule has 0 atom stereocenters. The van der Waals surface area contributed by atoms with E-state index in [1.807, 2.05) is 0 Å². The van der Waals surface area contributed by atoms with E-state index < -0.39 is 4.92 Å². The summed E-state index contributed by atoms with van der Waals surface area (Å²) in [6, 6.07) is 4.17. The summed E-state index contributed by atoms with van der Waals surface area (Å²) in [5.41, 5.74) is 6.08. The van der Waals surface area contributed by atoms with E-state index in [9.17, 15) is 14.5 Å². The fourth-order valence-electron chi connectivity index (χ4n) is 1.46. The largest absolute Gasteiger partial charge is 0.378 e. The van der Waals surface area contributed by atoms with Crippen LogP contribution in [0.2, 0.25) is 0 Å². The van der Waals surface area contributed by atoms with Crippen molar-refractivity contribution >= 4 is 27.4 Å². The maximum atomic E-state index is 12.9. The standard InChI is InChI=1S/C10H8BrFN4O2/c11-8-3-7(12)2-1-6(8)5-15-10(13)9(4-14-15)16(17)18/h1-4H,5,13H2.